The lowest BCUT2D eigenvalue weighted by atomic mass is 9.96. The number of nitrogens with one attached hydrogen (secondary N) is 2. The van der Waals surface area contributed by atoms with Crippen molar-refractivity contribution >= 4 is 6.03 Å². The van der Waals surface area contributed by atoms with Gasteiger partial charge in [-0.15, -0.1) is 0 Å². The highest BCUT2D eigenvalue weighted by atomic mass is 19.1. The van der Waals surface area contributed by atoms with Crippen LogP contribution < -0.4 is 10.6 Å². The summed E-state index contributed by atoms with van der Waals surface area (Å²) in [6.07, 6.45) is 4.30. The SMILES string of the molecule is O=C(NC[C@@H]1CCCO1)NCC1(c2ccc(F)cc2)CC1. The van der Waals surface area contributed by atoms with E-state index in [1.54, 1.807) is 0 Å². The van der Waals surface area contributed by atoms with Crippen molar-refractivity contribution in [2.24, 2.45) is 0 Å². The summed E-state index contributed by atoms with van der Waals surface area (Å²) in [5, 5.41) is 5.77. The van der Waals surface area contributed by atoms with Gasteiger partial charge in [0.2, 0.25) is 0 Å². The topological polar surface area (TPSA) is 50.4 Å². The van der Waals surface area contributed by atoms with Gasteiger partial charge in [0.1, 0.15) is 5.82 Å². The summed E-state index contributed by atoms with van der Waals surface area (Å²) in [5.74, 6) is -0.225. The summed E-state index contributed by atoms with van der Waals surface area (Å²) in [6.45, 7) is 1.95. The molecule has 3 rings (SSSR count). The molecule has 0 spiro atoms. The number of carbonyl (C=O) groups is 1. The van der Waals surface area contributed by atoms with Crippen molar-refractivity contribution in [2.45, 2.75) is 37.2 Å². The molecule has 5 heteroatoms. The smallest absolute Gasteiger partial charge is 0.314 e. The second kappa shape index (κ2) is 6.02. The van der Waals surface area contributed by atoms with E-state index in [-0.39, 0.29) is 23.4 Å². The van der Waals surface area contributed by atoms with Crippen LogP contribution in [0.5, 0.6) is 0 Å². The maximum atomic E-state index is 13.0. The number of hydrogen-bond acceptors (Lipinski definition) is 2. The van der Waals surface area contributed by atoms with Gasteiger partial charge in [-0.3, -0.25) is 0 Å². The number of benzene rings is 1. The quantitative estimate of drug-likeness (QED) is 0.875. The average molecular weight is 292 g/mol. The first-order valence-corrected chi connectivity index (χ1v) is 7.57. The fourth-order valence-electron chi connectivity index (χ4n) is 2.85. The molecule has 2 N–H and O–H groups in total. The van der Waals surface area contributed by atoms with Gasteiger partial charge in [0, 0.05) is 25.1 Å². The molecule has 1 saturated carbocycles. The van der Waals surface area contributed by atoms with Crippen LogP contribution in [0.15, 0.2) is 24.3 Å². The van der Waals surface area contributed by atoms with Gasteiger partial charge >= 0.3 is 6.03 Å². The van der Waals surface area contributed by atoms with Crippen LogP contribution in [0.1, 0.15) is 31.2 Å². The first kappa shape index (κ1) is 14.3. The number of rotatable bonds is 5. The summed E-state index contributed by atoms with van der Waals surface area (Å²) in [4.78, 5) is 11.8. The maximum absolute atomic E-state index is 13.0. The fraction of sp³-hybridized carbons (Fsp3) is 0.562. The maximum Gasteiger partial charge on any atom is 0.314 e. The Labute approximate surface area is 124 Å². The van der Waals surface area contributed by atoms with Gasteiger partial charge in [0.05, 0.1) is 6.10 Å². The third-order valence-electron chi connectivity index (χ3n) is 4.41. The van der Waals surface area contributed by atoms with Crippen molar-refractivity contribution in [3.63, 3.8) is 0 Å². The molecule has 1 aliphatic carbocycles. The molecule has 0 unspecified atom stereocenters. The van der Waals surface area contributed by atoms with Crippen LogP contribution in [0.3, 0.4) is 0 Å². The van der Waals surface area contributed by atoms with Crippen LogP contribution in [0.4, 0.5) is 9.18 Å². The van der Waals surface area contributed by atoms with Crippen LogP contribution >= 0.6 is 0 Å². The number of carbonyl (C=O) groups excluding carboxylic acids is 1. The molecule has 0 radical (unpaired) electrons. The van der Waals surface area contributed by atoms with E-state index >= 15 is 0 Å². The van der Waals surface area contributed by atoms with Crippen molar-refractivity contribution in [2.75, 3.05) is 19.7 Å². The standard InChI is InChI=1S/C16H21FN2O2/c17-13-5-3-12(4-6-13)16(7-8-16)11-19-15(20)18-10-14-2-1-9-21-14/h3-6,14H,1-2,7-11H2,(H2,18,19,20)/t14-/m0/s1. The van der Waals surface area contributed by atoms with Gasteiger partial charge in [0.15, 0.2) is 0 Å². The summed E-state index contributed by atoms with van der Waals surface area (Å²) in [7, 11) is 0. The summed E-state index contributed by atoms with van der Waals surface area (Å²) in [6, 6.07) is 6.43. The van der Waals surface area contributed by atoms with Crippen LogP contribution in [-0.4, -0.2) is 31.8 Å². The predicted molar refractivity (Wildman–Crippen MR) is 77.7 cm³/mol. The fourth-order valence-corrected chi connectivity index (χ4v) is 2.85. The van der Waals surface area contributed by atoms with Gasteiger partial charge in [-0.05, 0) is 43.4 Å². The largest absolute Gasteiger partial charge is 0.376 e. The Hall–Kier alpha value is -1.62. The zero-order valence-electron chi connectivity index (χ0n) is 12.0. The van der Waals surface area contributed by atoms with Crippen LogP contribution in [0.25, 0.3) is 0 Å². The van der Waals surface area contributed by atoms with Gasteiger partial charge in [-0.2, -0.15) is 0 Å². The highest BCUT2D eigenvalue weighted by Crippen LogP contribution is 2.47. The molecule has 1 atom stereocenters. The Bertz CT molecular complexity index is 494. The van der Waals surface area contributed by atoms with E-state index in [0.717, 1.165) is 37.9 Å². The first-order valence-electron chi connectivity index (χ1n) is 7.57. The molecule has 1 aromatic rings. The highest BCUT2D eigenvalue weighted by Gasteiger charge is 2.44. The normalized spacial score (nSPS) is 22.8. The van der Waals surface area contributed by atoms with E-state index in [4.69, 9.17) is 4.74 Å². The van der Waals surface area contributed by atoms with E-state index in [1.807, 2.05) is 12.1 Å². The number of urea groups is 1. The molecule has 21 heavy (non-hydrogen) atoms. The molecule has 0 aromatic heterocycles. The Balaban J connectivity index is 1.45. The van der Waals surface area contributed by atoms with Crippen LogP contribution in [0, 0.1) is 5.82 Å². The third kappa shape index (κ3) is 3.53. The van der Waals surface area contributed by atoms with Gasteiger partial charge in [-0.25, -0.2) is 9.18 Å². The van der Waals surface area contributed by atoms with E-state index < -0.39 is 0 Å². The molecule has 2 aliphatic rings. The minimum Gasteiger partial charge on any atom is -0.376 e. The van der Waals surface area contributed by atoms with E-state index in [9.17, 15) is 9.18 Å². The molecule has 114 valence electrons. The zero-order valence-corrected chi connectivity index (χ0v) is 12.0. The molecule has 1 aromatic carbocycles. The summed E-state index contributed by atoms with van der Waals surface area (Å²) in [5.41, 5.74) is 1.10. The predicted octanol–water partition coefficient (Wildman–Crippen LogP) is 2.34. The third-order valence-corrected chi connectivity index (χ3v) is 4.41. The minimum absolute atomic E-state index is 0.00506. The van der Waals surface area contributed by atoms with Crippen LogP contribution in [0.2, 0.25) is 0 Å². The Morgan fingerprint density at radius 1 is 1.29 bits per heavy atom. The molecule has 1 heterocycles. The Morgan fingerprint density at radius 3 is 2.67 bits per heavy atom. The number of amides is 2. The number of ether oxygens (including phenoxy) is 1. The molecule has 2 fully saturated rings. The number of halogens is 1. The molecule has 2 amide bonds. The van der Waals surface area contributed by atoms with Gasteiger partial charge < -0.3 is 15.4 Å². The lowest BCUT2D eigenvalue weighted by Crippen LogP contribution is -2.42. The molecular formula is C16H21FN2O2. The van der Waals surface area contributed by atoms with Crippen molar-refractivity contribution in [3.05, 3.63) is 35.6 Å². The molecule has 4 nitrogen and oxygen atoms in total. The van der Waals surface area contributed by atoms with Crippen LogP contribution in [-0.2, 0) is 10.2 Å². The van der Waals surface area contributed by atoms with E-state index in [0.29, 0.717) is 13.1 Å². The van der Waals surface area contributed by atoms with E-state index in [2.05, 4.69) is 10.6 Å². The Morgan fingerprint density at radius 2 is 2.05 bits per heavy atom. The molecular weight excluding hydrogens is 271 g/mol. The first-order chi connectivity index (χ1) is 10.2. The minimum atomic E-state index is -0.225. The number of hydrogen-bond donors (Lipinski definition) is 2. The lowest BCUT2D eigenvalue weighted by Gasteiger charge is -2.17. The molecule has 1 aliphatic heterocycles. The van der Waals surface area contributed by atoms with Crippen molar-refractivity contribution in [3.8, 4) is 0 Å². The Kier molecular flexibility index (Phi) is 4.10. The van der Waals surface area contributed by atoms with Gasteiger partial charge in [-0.1, -0.05) is 12.1 Å². The zero-order chi connectivity index (χ0) is 14.7. The highest BCUT2D eigenvalue weighted by molar-refractivity contribution is 5.74. The monoisotopic (exact) mass is 292 g/mol. The van der Waals surface area contributed by atoms with Crippen molar-refractivity contribution in [1.29, 1.82) is 0 Å². The second-order valence-electron chi connectivity index (χ2n) is 5.99. The molecule has 1 saturated heterocycles. The average Bonchev–Trinajstić information content (AvgIpc) is 3.10. The molecule has 0 bridgehead atoms. The second-order valence-corrected chi connectivity index (χ2v) is 5.99. The van der Waals surface area contributed by atoms with Crippen molar-refractivity contribution in [1.82, 2.24) is 10.6 Å². The summed E-state index contributed by atoms with van der Waals surface area (Å²) >= 11 is 0. The lowest BCUT2D eigenvalue weighted by molar-refractivity contribution is 0.111. The summed E-state index contributed by atoms with van der Waals surface area (Å²) < 4.78 is 18.4. The van der Waals surface area contributed by atoms with E-state index in [1.165, 1.54) is 12.1 Å². The van der Waals surface area contributed by atoms with Crippen molar-refractivity contribution < 1.29 is 13.9 Å². The van der Waals surface area contributed by atoms with Gasteiger partial charge in [0.25, 0.3) is 0 Å².